The van der Waals surface area contributed by atoms with Gasteiger partial charge in [-0.05, 0) is 107 Å². The number of rotatable bonds is 7. The van der Waals surface area contributed by atoms with Crippen LogP contribution in [-0.2, 0) is 29.9 Å². The van der Waals surface area contributed by atoms with Crippen molar-refractivity contribution in [3.05, 3.63) is 64.2 Å². The molecular weight excluding hydrogens is 695 g/mol. The van der Waals surface area contributed by atoms with E-state index in [4.69, 9.17) is 0 Å². The largest absolute Gasteiger partial charge is 0.416 e. The second-order valence-electron chi connectivity index (χ2n) is 14.2. The van der Waals surface area contributed by atoms with Crippen molar-refractivity contribution in [3.8, 4) is 0 Å². The van der Waals surface area contributed by atoms with Crippen LogP contribution in [0.5, 0.6) is 0 Å². The van der Waals surface area contributed by atoms with Crippen molar-refractivity contribution in [1.29, 1.82) is 0 Å². The van der Waals surface area contributed by atoms with E-state index in [1.165, 1.54) is 23.2 Å². The fourth-order valence-corrected chi connectivity index (χ4v) is 7.30. The number of nitrogens with zero attached hydrogens (tertiary/aromatic N) is 4. The summed E-state index contributed by atoms with van der Waals surface area (Å²) in [6.45, 7) is 4.80. The van der Waals surface area contributed by atoms with Crippen molar-refractivity contribution in [2.24, 2.45) is 16.8 Å². The van der Waals surface area contributed by atoms with Gasteiger partial charge < -0.3 is 10.0 Å². The summed E-state index contributed by atoms with van der Waals surface area (Å²) in [4.78, 5) is 20.4. The predicted octanol–water partition coefficient (Wildman–Crippen LogP) is 7.99. The molecule has 1 saturated carbocycles. The van der Waals surface area contributed by atoms with E-state index in [0.29, 0.717) is 37.8 Å². The SMILES string of the molecule is CC[C@@H]1CC(N=C2NNN(C)N2Cc2cc(C(F)(F)F)cc(C(F)(F)F)c2)c2cc(C(F)(F)F)ccc2N1C(=O)C1CCC(CC(C)(C)O)CC1. The van der Waals surface area contributed by atoms with Crippen LogP contribution in [0, 0.1) is 11.8 Å². The third kappa shape index (κ3) is 8.91. The third-order valence-electron chi connectivity index (χ3n) is 9.72. The van der Waals surface area contributed by atoms with Crippen LogP contribution in [0.2, 0.25) is 0 Å². The van der Waals surface area contributed by atoms with Crippen LogP contribution in [0.1, 0.15) is 99.6 Å². The molecule has 2 aromatic carbocycles. The summed E-state index contributed by atoms with van der Waals surface area (Å²) < 4.78 is 123. The normalized spacial score (nSPS) is 24.5. The number of nitrogens with one attached hydrogen (secondary N) is 2. The summed E-state index contributed by atoms with van der Waals surface area (Å²) in [7, 11) is 1.43. The zero-order chi connectivity index (χ0) is 37.7. The summed E-state index contributed by atoms with van der Waals surface area (Å²) >= 11 is 0. The van der Waals surface area contributed by atoms with Gasteiger partial charge in [-0.15, -0.1) is 10.7 Å². The summed E-state index contributed by atoms with van der Waals surface area (Å²) in [5, 5.41) is 12.7. The maximum Gasteiger partial charge on any atom is 0.416 e. The number of carbonyl (C=O) groups excluding carboxylic acids is 1. The number of hydrogen-bond donors (Lipinski definition) is 3. The standard InChI is InChI=1S/C34H41F9N6O2/c1-5-25-16-27(44-30-45-46-47(4)48(30)18-20-12-23(33(38,39)40)14-24(13-20)34(41,42)43)26-15-22(32(35,36)37)10-11-28(26)49(25)29(50)21-8-6-19(7-9-21)17-31(2,3)51/h10-15,19,21,25,27,46,51H,5-9,16-18H2,1-4H3,(H,44,45)/t19?,21?,25-,27?/m1/s1. The minimum atomic E-state index is -5.06. The van der Waals surface area contributed by atoms with Gasteiger partial charge in [-0.3, -0.25) is 15.2 Å². The van der Waals surface area contributed by atoms with Gasteiger partial charge in [0.05, 0.1) is 34.9 Å². The predicted molar refractivity (Wildman–Crippen MR) is 170 cm³/mol. The quantitative estimate of drug-likeness (QED) is 0.250. The number of amides is 1. The molecule has 282 valence electrons. The number of alkyl halides is 9. The molecule has 2 heterocycles. The van der Waals surface area contributed by atoms with Gasteiger partial charge in [0, 0.05) is 30.3 Å². The summed E-state index contributed by atoms with van der Waals surface area (Å²) in [6, 6.07) is 2.89. The molecule has 0 spiro atoms. The smallest absolute Gasteiger partial charge is 0.390 e. The van der Waals surface area contributed by atoms with Crippen molar-refractivity contribution in [2.45, 2.75) is 108 Å². The van der Waals surface area contributed by atoms with Gasteiger partial charge in [0.1, 0.15) is 0 Å². The molecule has 51 heavy (non-hydrogen) atoms. The van der Waals surface area contributed by atoms with Crippen molar-refractivity contribution in [1.82, 2.24) is 21.1 Å². The molecular formula is C34H41F9N6O2. The van der Waals surface area contributed by atoms with Crippen LogP contribution in [0.15, 0.2) is 41.4 Å². The molecule has 5 rings (SSSR count). The number of benzene rings is 2. The molecule has 0 radical (unpaired) electrons. The Labute approximate surface area is 289 Å². The average molecular weight is 737 g/mol. The Balaban J connectivity index is 1.49. The number of aliphatic imine (C=N–C) groups is 1. The molecule has 1 amide bonds. The molecule has 8 nitrogen and oxygen atoms in total. The van der Waals surface area contributed by atoms with Gasteiger partial charge in [-0.2, -0.15) is 39.5 Å². The Morgan fingerprint density at radius 3 is 2.00 bits per heavy atom. The molecule has 2 atom stereocenters. The number of halogens is 9. The van der Waals surface area contributed by atoms with E-state index in [-0.39, 0.29) is 53.0 Å². The number of fused-ring (bicyclic) bond motifs is 1. The van der Waals surface area contributed by atoms with Gasteiger partial charge in [-0.25, -0.2) is 4.99 Å². The van der Waals surface area contributed by atoms with E-state index in [2.05, 4.69) is 16.0 Å². The number of hydrazine groups is 3. The Kier molecular flexibility index (Phi) is 10.7. The van der Waals surface area contributed by atoms with Crippen molar-refractivity contribution < 1.29 is 49.4 Å². The fraction of sp³-hybridized carbons (Fsp3) is 0.588. The first-order valence-corrected chi connectivity index (χ1v) is 16.7. The van der Waals surface area contributed by atoms with Crippen LogP contribution in [-0.4, -0.2) is 45.8 Å². The first-order chi connectivity index (χ1) is 23.5. The molecule has 1 aliphatic carbocycles. The van der Waals surface area contributed by atoms with E-state index in [1.54, 1.807) is 18.7 Å². The van der Waals surface area contributed by atoms with Gasteiger partial charge in [-0.1, -0.05) is 6.92 Å². The highest BCUT2D eigenvalue weighted by Crippen LogP contribution is 2.45. The molecule has 1 unspecified atom stereocenters. The van der Waals surface area contributed by atoms with Crippen LogP contribution in [0.3, 0.4) is 0 Å². The monoisotopic (exact) mass is 736 g/mol. The second kappa shape index (κ2) is 14.1. The minimum Gasteiger partial charge on any atom is -0.390 e. The van der Waals surface area contributed by atoms with Crippen LogP contribution < -0.4 is 15.9 Å². The van der Waals surface area contributed by atoms with Crippen LogP contribution in [0.25, 0.3) is 0 Å². The number of carbonyl (C=O) groups is 1. The molecule has 2 fully saturated rings. The number of hydrogen-bond acceptors (Lipinski definition) is 5. The van der Waals surface area contributed by atoms with Gasteiger partial charge in [0.15, 0.2) is 0 Å². The molecule has 2 aliphatic heterocycles. The lowest BCUT2D eigenvalue weighted by atomic mass is 9.76. The molecule has 17 heteroatoms. The zero-order valence-corrected chi connectivity index (χ0v) is 28.5. The highest BCUT2D eigenvalue weighted by Gasteiger charge is 2.42. The molecule has 3 aliphatic rings. The van der Waals surface area contributed by atoms with E-state index in [9.17, 15) is 49.4 Å². The van der Waals surface area contributed by atoms with Gasteiger partial charge in [0.2, 0.25) is 11.9 Å². The zero-order valence-electron chi connectivity index (χ0n) is 28.5. The number of guanidine groups is 1. The molecule has 3 N–H and O–H groups in total. The maximum absolute atomic E-state index is 14.1. The van der Waals surface area contributed by atoms with Crippen molar-refractivity contribution >= 4 is 17.6 Å². The van der Waals surface area contributed by atoms with E-state index in [1.807, 2.05) is 6.92 Å². The second-order valence-corrected chi connectivity index (χ2v) is 14.2. The van der Waals surface area contributed by atoms with E-state index < -0.39 is 59.4 Å². The van der Waals surface area contributed by atoms with Crippen molar-refractivity contribution in [3.63, 3.8) is 0 Å². The third-order valence-corrected chi connectivity index (χ3v) is 9.72. The Bertz CT molecular complexity index is 1580. The lowest BCUT2D eigenvalue weighted by molar-refractivity contribution is -0.143. The Morgan fingerprint density at radius 1 is 0.882 bits per heavy atom. The highest BCUT2D eigenvalue weighted by atomic mass is 19.4. The first-order valence-electron chi connectivity index (χ1n) is 16.7. The number of anilines is 1. The Hall–Kier alpha value is -3.57. The van der Waals surface area contributed by atoms with Gasteiger partial charge >= 0.3 is 18.5 Å². The lowest BCUT2D eigenvalue weighted by Gasteiger charge is -2.42. The van der Waals surface area contributed by atoms with Crippen LogP contribution >= 0.6 is 0 Å². The molecule has 1 saturated heterocycles. The molecule has 0 bridgehead atoms. The summed E-state index contributed by atoms with van der Waals surface area (Å²) in [6.07, 6.45) is -11.1. The minimum absolute atomic E-state index is 0.0271. The average Bonchev–Trinajstić information content (AvgIpc) is 3.36. The first kappa shape index (κ1) is 38.7. The van der Waals surface area contributed by atoms with Crippen LogP contribution in [0.4, 0.5) is 45.2 Å². The Morgan fingerprint density at radius 2 is 1.47 bits per heavy atom. The van der Waals surface area contributed by atoms with Gasteiger partial charge in [0.25, 0.3) is 0 Å². The number of aliphatic hydroxyl groups is 1. The van der Waals surface area contributed by atoms with E-state index >= 15 is 0 Å². The lowest BCUT2D eigenvalue weighted by Crippen LogP contribution is -2.48. The maximum atomic E-state index is 14.1. The van der Waals surface area contributed by atoms with E-state index in [0.717, 1.165) is 25.0 Å². The summed E-state index contributed by atoms with van der Waals surface area (Å²) in [5.74, 6) is -0.392. The topological polar surface area (TPSA) is 83.4 Å². The molecule has 2 aromatic rings. The summed E-state index contributed by atoms with van der Waals surface area (Å²) in [5.41, 5.74) is 0.623. The highest BCUT2D eigenvalue weighted by molar-refractivity contribution is 5.97. The molecule has 0 aromatic heterocycles. The fourth-order valence-electron chi connectivity index (χ4n) is 7.30. The van der Waals surface area contributed by atoms with Crippen molar-refractivity contribution in [2.75, 3.05) is 11.9 Å².